The highest BCUT2D eigenvalue weighted by atomic mass is 19.4. The first kappa shape index (κ1) is 22.3. The van der Waals surface area contributed by atoms with Crippen LogP contribution in [0.15, 0.2) is 30.6 Å². The van der Waals surface area contributed by atoms with Crippen LogP contribution in [0.5, 0.6) is 0 Å². The van der Waals surface area contributed by atoms with E-state index in [1.807, 2.05) is 0 Å². The van der Waals surface area contributed by atoms with Crippen LogP contribution in [0.1, 0.15) is 5.56 Å². The molecule has 158 valence electrons. The van der Waals surface area contributed by atoms with Crippen LogP contribution < -0.4 is 10.2 Å². The first-order chi connectivity index (χ1) is 13.8. The highest BCUT2D eigenvalue weighted by Crippen LogP contribution is 2.34. The Bertz CT molecular complexity index is 810. The monoisotopic (exact) mass is 415 g/mol. The molecule has 0 radical (unpaired) electrons. The van der Waals surface area contributed by atoms with E-state index in [-0.39, 0.29) is 17.3 Å². The molecule has 29 heavy (non-hydrogen) atoms. The number of methoxy groups -OCH3 is 2. The Kier molecular flexibility index (Phi) is 7.67. The van der Waals surface area contributed by atoms with Crippen LogP contribution in [0.25, 0.3) is 0 Å². The second-order valence-electron chi connectivity index (χ2n) is 5.82. The highest BCUT2D eigenvalue weighted by Gasteiger charge is 2.30. The summed E-state index contributed by atoms with van der Waals surface area (Å²) < 4.78 is 48.2. The average Bonchev–Trinajstić information content (AvgIpc) is 2.67. The molecule has 0 fully saturated rings. The van der Waals surface area contributed by atoms with Gasteiger partial charge in [0.25, 0.3) is 0 Å². The van der Waals surface area contributed by atoms with Crippen LogP contribution in [0, 0.1) is 10.1 Å². The summed E-state index contributed by atoms with van der Waals surface area (Å²) in [6.07, 6.45) is -3.34. The van der Waals surface area contributed by atoms with Gasteiger partial charge in [0.15, 0.2) is 0 Å². The third kappa shape index (κ3) is 5.99. The minimum atomic E-state index is -4.48. The van der Waals surface area contributed by atoms with Gasteiger partial charge in [0.1, 0.15) is 6.33 Å². The summed E-state index contributed by atoms with van der Waals surface area (Å²) >= 11 is 0. The minimum absolute atomic E-state index is 0.0495. The fourth-order valence-electron chi connectivity index (χ4n) is 2.47. The van der Waals surface area contributed by atoms with Gasteiger partial charge in [-0.05, 0) is 24.3 Å². The molecule has 2 rings (SSSR count). The molecule has 9 nitrogen and oxygen atoms in total. The van der Waals surface area contributed by atoms with Crippen LogP contribution in [0.2, 0.25) is 0 Å². The maximum Gasteiger partial charge on any atom is 0.416 e. The van der Waals surface area contributed by atoms with Gasteiger partial charge in [0.05, 0.1) is 23.7 Å². The number of nitrogens with zero attached hydrogens (tertiary/aromatic N) is 4. The Labute approximate surface area is 164 Å². The van der Waals surface area contributed by atoms with E-state index in [2.05, 4.69) is 15.3 Å². The molecule has 0 saturated heterocycles. The van der Waals surface area contributed by atoms with Crippen LogP contribution in [0.3, 0.4) is 0 Å². The quantitative estimate of drug-likeness (QED) is 0.466. The third-order valence-corrected chi connectivity index (χ3v) is 3.89. The molecule has 0 unspecified atom stereocenters. The molecule has 0 atom stereocenters. The van der Waals surface area contributed by atoms with Crippen molar-refractivity contribution >= 4 is 23.0 Å². The Morgan fingerprint density at radius 1 is 1.10 bits per heavy atom. The number of hydrogen-bond donors (Lipinski definition) is 1. The van der Waals surface area contributed by atoms with E-state index in [4.69, 9.17) is 9.47 Å². The number of hydrogen-bond acceptors (Lipinski definition) is 8. The van der Waals surface area contributed by atoms with Crippen LogP contribution >= 0.6 is 0 Å². The number of aromatic nitrogens is 2. The first-order valence-corrected chi connectivity index (χ1v) is 8.44. The van der Waals surface area contributed by atoms with Crippen molar-refractivity contribution in [2.24, 2.45) is 0 Å². The Balaban J connectivity index is 2.37. The van der Waals surface area contributed by atoms with Crippen LogP contribution in [-0.4, -0.2) is 55.4 Å². The lowest BCUT2D eigenvalue weighted by Crippen LogP contribution is -2.32. The third-order valence-electron chi connectivity index (χ3n) is 3.89. The Hall–Kier alpha value is -2.99. The van der Waals surface area contributed by atoms with Gasteiger partial charge in [-0.25, -0.2) is 9.97 Å². The maximum atomic E-state index is 12.7. The van der Waals surface area contributed by atoms with E-state index in [0.717, 1.165) is 18.5 Å². The molecule has 0 aliphatic carbocycles. The zero-order chi connectivity index (χ0) is 21.4. The normalized spacial score (nSPS) is 11.3. The highest BCUT2D eigenvalue weighted by molar-refractivity contribution is 5.74. The number of nitro groups is 1. The predicted octanol–water partition coefficient (Wildman–Crippen LogP) is 3.25. The van der Waals surface area contributed by atoms with Gasteiger partial charge in [-0.2, -0.15) is 13.2 Å². The molecule has 0 spiro atoms. The number of ether oxygens (including phenoxy) is 2. The van der Waals surface area contributed by atoms with E-state index < -0.39 is 22.4 Å². The summed E-state index contributed by atoms with van der Waals surface area (Å²) in [5, 5.41) is 14.4. The van der Waals surface area contributed by atoms with Gasteiger partial charge < -0.3 is 19.7 Å². The van der Waals surface area contributed by atoms with Crippen molar-refractivity contribution in [2.75, 3.05) is 50.7 Å². The second kappa shape index (κ2) is 9.98. The van der Waals surface area contributed by atoms with Crippen molar-refractivity contribution in [2.45, 2.75) is 6.18 Å². The number of nitrogens with one attached hydrogen (secondary N) is 1. The molecular weight excluding hydrogens is 395 g/mol. The second-order valence-corrected chi connectivity index (χ2v) is 5.82. The van der Waals surface area contributed by atoms with Crippen LogP contribution in [-0.2, 0) is 15.7 Å². The topological polar surface area (TPSA) is 103 Å². The summed E-state index contributed by atoms with van der Waals surface area (Å²) in [5.74, 6) is -0.0897. The lowest BCUT2D eigenvalue weighted by molar-refractivity contribution is -0.383. The van der Waals surface area contributed by atoms with Crippen molar-refractivity contribution in [1.82, 2.24) is 9.97 Å². The van der Waals surface area contributed by atoms with Gasteiger partial charge in [0, 0.05) is 33.0 Å². The fourth-order valence-corrected chi connectivity index (χ4v) is 2.47. The van der Waals surface area contributed by atoms with Crippen molar-refractivity contribution in [3.63, 3.8) is 0 Å². The zero-order valence-electron chi connectivity index (χ0n) is 15.8. The molecule has 12 heteroatoms. The van der Waals surface area contributed by atoms with Crippen molar-refractivity contribution < 1.29 is 27.6 Å². The molecule has 2 aromatic rings. The zero-order valence-corrected chi connectivity index (χ0v) is 15.8. The SMILES string of the molecule is COCCN(CCOC)c1ncnc(Nc2ccc(C(F)(F)F)cc2)c1[N+](=O)[O-]. The van der Waals surface area contributed by atoms with Gasteiger partial charge >= 0.3 is 11.9 Å². The maximum absolute atomic E-state index is 12.7. The van der Waals surface area contributed by atoms with E-state index in [9.17, 15) is 23.3 Å². The van der Waals surface area contributed by atoms with Crippen molar-refractivity contribution in [1.29, 1.82) is 0 Å². The molecule has 1 aromatic heterocycles. The predicted molar refractivity (Wildman–Crippen MR) is 99.4 cm³/mol. The van der Waals surface area contributed by atoms with E-state index >= 15 is 0 Å². The number of anilines is 3. The van der Waals surface area contributed by atoms with Crippen LogP contribution in [0.4, 0.5) is 36.2 Å². The molecule has 1 heterocycles. The smallest absolute Gasteiger partial charge is 0.383 e. The number of alkyl halides is 3. The molecule has 0 aliphatic rings. The van der Waals surface area contributed by atoms with Crippen molar-refractivity contribution in [3.8, 4) is 0 Å². The standard InChI is InChI=1S/C17H20F3N5O4/c1-28-9-7-24(8-10-29-2)16-14(25(26)27)15(21-11-22-16)23-13-5-3-12(4-6-13)17(18,19)20/h3-6,11H,7-10H2,1-2H3,(H,21,22,23). The van der Waals surface area contributed by atoms with Gasteiger partial charge in [0.2, 0.25) is 11.6 Å². The molecule has 1 N–H and O–H groups in total. The summed E-state index contributed by atoms with van der Waals surface area (Å²) in [7, 11) is 3.00. The lowest BCUT2D eigenvalue weighted by atomic mass is 10.2. The van der Waals surface area contributed by atoms with Gasteiger partial charge in [-0.15, -0.1) is 0 Å². The Morgan fingerprint density at radius 2 is 1.69 bits per heavy atom. The van der Waals surface area contributed by atoms with Gasteiger partial charge in [-0.3, -0.25) is 10.1 Å². The molecule has 1 aromatic carbocycles. The summed E-state index contributed by atoms with van der Waals surface area (Å²) in [5.41, 5.74) is -1.02. The summed E-state index contributed by atoms with van der Waals surface area (Å²) in [6, 6.07) is 4.09. The number of halogens is 3. The first-order valence-electron chi connectivity index (χ1n) is 8.44. The van der Waals surface area contributed by atoms with Gasteiger partial charge in [-0.1, -0.05) is 0 Å². The average molecular weight is 415 g/mol. The molecule has 0 bridgehead atoms. The molecule has 0 amide bonds. The lowest BCUT2D eigenvalue weighted by Gasteiger charge is -2.23. The van der Waals surface area contributed by atoms with E-state index in [1.54, 1.807) is 4.90 Å². The molecular formula is C17H20F3N5O4. The van der Waals surface area contributed by atoms with E-state index in [1.165, 1.54) is 26.4 Å². The summed E-state index contributed by atoms with van der Waals surface area (Å²) in [6.45, 7) is 1.23. The number of rotatable bonds is 10. The largest absolute Gasteiger partial charge is 0.416 e. The molecule has 0 saturated carbocycles. The number of benzene rings is 1. The molecule has 0 aliphatic heterocycles. The minimum Gasteiger partial charge on any atom is -0.383 e. The fraction of sp³-hybridized carbons (Fsp3) is 0.412. The van der Waals surface area contributed by atoms with Crippen molar-refractivity contribution in [3.05, 3.63) is 46.3 Å². The Morgan fingerprint density at radius 3 is 2.17 bits per heavy atom. The summed E-state index contributed by atoms with van der Waals surface area (Å²) in [4.78, 5) is 20.6. The van der Waals surface area contributed by atoms with E-state index in [0.29, 0.717) is 26.3 Å².